The third kappa shape index (κ3) is 4.64. The Hall–Kier alpha value is -4.07. The van der Waals surface area contributed by atoms with E-state index in [-0.39, 0.29) is 5.56 Å². The zero-order valence-electron chi connectivity index (χ0n) is 17.0. The van der Waals surface area contributed by atoms with Crippen molar-refractivity contribution in [1.82, 2.24) is 0 Å². The van der Waals surface area contributed by atoms with E-state index in [9.17, 15) is 10.1 Å². The van der Waals surface area contributed by atoms with Crippen LogP contribution in [0.4, 0.5) is 0 Å². The van der Waals surface area contributed by atoms with Crippen LogP contribution in [0.25, 0.3) is 22.4 Å². The fourth-order valence-corrected chi connectivity index (χ4v) is 3.53. The van der Waals surface area contributed by atoms with Crippen LogP contribution < -0.4 is 4.74 Å². The number of carbonyl (C=O) groups is 1. The maximum absolute atomic E-state index is 11.1. The van der Waals surface area contributed by atoms with Crippen LogP contribution >= 0.6 is 11.6 Å². The van der Waals surface area contributed by atoms with Crippen molar-refractivity contribution in [3.63, 3.8) is 0 Å². The Morgan fingerprint density at radius 2 is 1.62 bits per heavy atom. The average Bonchev–Trinajstić information content (AvgIpc) is 2.82. The van der Waals surface area contributed by atoms with Crippen LogP contribution in [-0.4, -0.2) is 11.1 Å². The van der Waals surface area contributed by atoms with Crippen molar-refractivity contribution >= 4 is 40.0 Å². The van der Waals surface area contributed by atoms with E-state index < -0.39 is 5.97 Å². The van der Waals surface area contributed by atoms with Crippen molar-refractivity contribution < 1.29 is 14.6 Å². The lowest BCUT2D eigenvalue weighted by molar-refractivity contribution is 0.0697. The summed E-state index contributed by atoms with van der Waals surface area (Å²) >= 11 is 5.97. The van der Waals surface area contributed by atoms with Crippen molar-refractivity contribution in [3.8, 4) is 11.8 Å². The molecule has 0 aliphatic carbocycles. The Kier molecular flexibility index (Phi) is 6.21. The van der Waals surface area contributed by atoms with Gasteiger partial charge in [0, 0.05) is 10.6 Å². The van der Waals surface area contributed by atoms with Gasteiger partial charge in [0.1, 0.15) is 12.4 Å². The number of nitriles is 1. The Bertz CT molecular complexity index is 1350. The van der Waals surface area contributed by atoms with Gasteiger partial charge in [0.25, 0.3) is 0 Å². The Balaban J connectivity index is 1.76. The largest absolute Gasteiger partial charge is 0.488 e. The summed E-state index contributed by atoms with van der Waals surface area (Å²) in [6.07, 6.45) is 1.79. The smallest absolute Gasteiger partial charge is 0.335 e. The molecule has 4 rings (SSSR count). The van der Waals surface area contributed by atoms with Gasteiger partial charge in [-0.3, -0.25) is 0 Å². The van der Waals surface area contributed by atoms with Gasteiger partial charge in [-0.15, -0.1) is 0 Å². The number of nitrogens with zero attached hydrogens (tertiary/aromatic N) is 1. The number of fused-ring (bicyclic) bond motifs is 1. The third-order valence-electron chi connectivity index (χ3n) is 5.09. The Labute approximate surface area is 190 Å². The van der Waals surface area contributed by atoms with E-state index in [1.165, 1.54) is 12.1 Å². The summed E-state index contributed by atoms with van der Waals surface area (Å²) in [4.78, 5) is 11.1. The lowest BCUT2D eigenvalue weighted by Crippen LogP contribution is -1.98. The number of carboxylic acid groups (broad SMARTS) is 1. The molecule has 4 aromatic rings. The van der Waals surface area contributed by atoms with E-state index in [2.05, 4.69) is 6.07 Å². The predicted octanol–water partition coefficient (Wildman–Crippen LogP) is 6.83. The standard InChI is InChI=1S/C27H18ClNO3/c28-23-12-5-18(6-13-23)17-32-26-14-11-20-3-1-2-4-24(20)25(26)15-22(16-29)19-7-9-21(10-8-19)27(30)31/h1-15H,17H2,(H,30,31)/b22-15-. The van der Waals surface area contributed by atoms with Crippen LogP contribution in [0.3, 0.4) is 0 Å². The minimum Gasteiger partial charge on any atom is -0.488 e. The molecule has 0 atom stereocenters. The van der Waals surface area contributed by atoms with Crippen LogP contribution in [0.2, 0.25) is 5.02 Å². The molecule has 4 nitrogen and oxygen atoms in total. The number of allylic oxidation sites excluding steroid dienone is 1. The van der Waals surface area contributed by atoms with E-state index in [1.807, 2.05) is 60.7 Å². The van der Waals surface area contributed by atoms with Crippen molar-refractivity contribution in [1.29, 1.82) is 5.26 Å². The zero-order valence-corrected chi connectivity index (χ0v) is 17.7. The predicted molar refractivity (Wildman–Crippen MR) is 127 cm³/mol. The number of hydrogen-bond donors (Lipinski definition) is 1. The summed E-state index contributed by atoms with van der Waals surface area (Å²) in [6.45, 7) is 0.353. The number of ether oxygens (including phenoxy) is 1. The van der Waals surface area contributed by atoms with E-state index in [1.54, 1.807) is 18.2 Å². The highest BCUT2D eigenvalue weighted by Gasteiger charge is 2.11. The summed E-state index contributed by atoms with van der Waals surface area (Å²) in [6, 6.07) is 27.7. The topological polar surface area (TPSA) is 70.3 Å². The third-order valence-corrected chi connectivity index (χ3v) is 5.34. The van der Waals surface area contributed by atoms with Crippen LogP contribution in [0.5, 0.6) is 5.75 Å². The molecule has 0 saturated heterocycles. The molecule has 0 unspecified atom stereocenters. The number of hydrogen-bond acceptors (Lipinski definition) is 3. The number of benzene rings is 4. The molecular formula is C27H18ClNO3. The van der Waals surface area contributed by atoms with Gasteiger partial charge in [0.15, 0.2) is 0 Å². The molecule has 0 bridgehead atoms. The maximum atomic E-state index is 11.1. The molecule has 4 aromatic carbocycles. The van der Waals surface area contributed by atoms with Gasteiger partial charge in [0.05, 0.1) is 17.2 Å². The first kappa shape index (κ1) is 21.2. The molecule has 32 heavy (non-hydrogen) atoms. The van der Waals surface area contributed by atoms with E-state index in [0.29, 0.717) is 28.5 Å². The van der Waals surface area contributed by atoms with Crippen LogP contribution in [0.15, 0.2) is 84.9 Å². The SMILES string of the molecule is N#C/C(=C/c1c(OCc2ccc(Cl)cc2)ccc2ccccc12)c1ccc(C(=O)O)cc1. The second kappa shape index (κ2) is 9.38. The van der Waals surface area contributed by atoms with Crippen LogP contribution in [-0.2, 0) is 6.61 Å². The van der Waals surface area contributed by atoms with Crippen LogP contribution in [0, 0.1) is 11.3 Å². The zero-order chi connectivity index (χ0) is 22.5. The second-order valence-corrected chi connectivity index (χ2v) is 7.60. The Morgan fingerprint density at radius 3 is 2.31 bits per heavy atom. The number of carboxylic acids is 1. The van der Waals surface area contributed by atoms with Gasteiger partial charge >= 0.3 is 5.97 Å². The molecule has 0 spiro atoms. The summed E-state index contributed by atoms with van der Waals surface area (Å²) < 4.78 is 6.13. The number of rotatable bonds is 6. The molecule has 0 fully saturated rings. The minimum atomic E-state index is -1.01. The lowest BCUT2D eigenvalue weighted by atomic mass is 9.98. The summed E-state index contributed by atoms with van der Waals surface area (Å²) in [5, 5.41) is 21.6. The monoisotopic (exact) mass is 439 g/mol. The first-order valence-electron chi connectivity index (χ1n) is 9.89. The number of aromatic carboxylic acids is 1. The molecular weight excluding hydrogens is 422 g/mol. The highest BCUT2D eigenvalue weighted by atomic mass is 35.5. The van der Waals surface area contributed by atoms with Gasteiger partial charge < -0.3 is 9.84 Å². The van der Waals surface area contributed by atoms with Gasteiger partial charge in [-0.05, 0) is 58.3 Å². The quantitative estimate of drug-likeness (QED) is 0.264. The van der Waals surface area contributed by atoms with Crippen molar-refractivity contribution in [3.05, 3.63) is 112 Å². The first-order valence-corrected chi connectivity index (χ1v) is 10.3. The van der Waals surface area contributed by atoms with E-state index >= 15 is 0 Å². The molecule has 0 heterocycles. The van der Waals surface area contributed by atoms with Crippen LogP contribution in [0.1, 0.15) is 27.0 Å². The van der Waals surface area contributed by atoms with Gasteiger partial charge in [-0.1, -0.05) is 66.2 Å². The molecule has 0 aromatic heterocycles. The molecule has 0 aliphatic heterocycles. The lowest BCUT2D eigenvalue weighted by Gasteiger charge is -2.13. The average molecular weight is 440 g/mol. The van der Waals surface area contributed by atoms with Gasteiger partial charge in [-0.2, -0.15) is 5.26 Å². The number of halogens is 1. The highest BCUT2D eigenvalue weighted by Crippen LogP contribution is 2.32. The summed E-state index contributed by atoms with van der Waals surface area (Å²) in [7, 11) is 0. The maximum Gasteiger partial charge on any atom is 0.335 e. The van der Waals surface area contributed by atoms with Gasteiger partial charge in [0.2, 0.25) is 0 Å². The fourth-order valence-electron chi connectivity index (χ4n) is 3.41. The van der Waals surface area contributed by atoms with Crippen molar-refractivity contribution in [2.24, 2.45) is 0 Å². The molecule has 1 N–H and O–H groups in total. The summed E-state index contributed by atoms with van der Waals surface area (Å²) in [5.74, 6) is -0.362. The summed E-state index contributed by atoms with van der Waals surface area (Å²) in [5.41, 5.74) is 2.98. The first-order chi connectivity index (χ1) is 15.5. The second-order valence-electron chi connectivity index (χ2n) is 7.17. The Morgan fingerprint density at radius 1 is 0.938 bits per heavy atom. The van der Waals surface area contributed by atoms with E-state index in [4.69, 9.17) is 21.4 Å². The molecule has 0 saturated carbocycles. The molecule has 0 radical (unpaired) electrons. The van der Waals surface area contributed by atoms with Crippen molar-refractivity contribution in [2.45, 2.75) is 6.61 Å². The molecule has 0 amide bonds. The van der Waals surface area contributed by atoms with Crippen molar-refractivity contribution in [2.75, 3.05) is 0 Å². The molecule has 0 aliphatic rings. The normalized spacial score (nSPS) is 11.2. The fraction of sp³-hybridized carbons (Fsp3) is 0.0370. The molecule has 5 heteroatoms. The minimum absolute atomic E-state index is 0.170. The molecule has 156 valence electrons. The van der Waals surface area contributed by atoms with E-state index in [0.717, 1.165) is 21.9 Å². The highest BCUT2D eigenvalue weighted by molar-refractivity contribution is 6.30. The van der Waals surface area contributed by atoms with Gasteiger partial charge in [-0.25, -0.2) is 4.79 Å².